The van der Waals surface area contributed by atoms with Crippen molar-refractivity contribution in [2.75, 3.05) is 14.1 Å². The molecule has 0 N–H and O–H groups in total. The van der Waals surface area contributed by atoms with E-state index in [0.29, 0.717) is 0 Å². The molecule has 0 amide bonds. The first-order valence-corrected chi connectivity index (χ1v) is 4.87. The van der Waals surface area contributed by atoms with Crippen molar-refractivity contribution in [2.24, 2.45) is 5.10 Å². The molecule has 70 valence electrons. The third-order valence-electron chi connectivity index (χ3n) is 1.61. The van der Waals surface area contributed by atoms with Gasteiger partial charge in [-0.05, 0) is 24.6 Å². The van der Waals surface area contributed by atoms with E-state index in [0.717, 1.165) is 15.7 Å². The molecule has 0 bridgehead atoms. The van der Waals surface area contributed by atoms with Gasteiger partial charge in [-0.15, -0.1) is 0 Å². The van der Waals surface area contributed by atoms with Crippen LogP contribution in [-0.2, 0) is 0 Å². The topological polar surface area (TPSA) is 15.6 Å². The molecule has 0 unspecified atom stereocenters. The highest BCUT2D eigenvalue weighted by Crippen LogP contribution is 2.11. The summed E-state index contributed by atoms with van der Waals surface area (Å²) in [5.74, 6) is 0. The van der Waals surface area contributed by atoms with Crippen LogP contribution in [-0.4, -0.2) is 24.8 Å². The van der Waals surface area contributed by atoms with Gasteiger partial charge in [0.2, 0.25) is 0 Å². The van der Waals surface area contributed by atoms with Crippen molar-refractivity contribution in [1.29, 1.82) is 0 Å². The van der Waals surface area contributed by atoms with Gasteiger partial charge in [-0.25, -0.2) is 0 Å². The average Bonchev–Trinajstić information content (AvgIpc) is 2.04. The Hall–Kier alpha value is -0.830. The van der Waals surface area contributed by atoms with Crippen LogP contribution in [0, 0.1) is 0 Å². The Kier molecular flexibility index (Phi) is 3.48. The molecule has 13 heavy (non-hydrogen) atoms. The molecule has 1 aromatic rings. The molecule has 0 spiro atoms. The summed E-state index contributed by atoms with van der Waals surface area (Å²) in [4.78, 5) is 0. The number of halogens is 1. The molecule has 0 saturated carbocycles. The van der Waals surface area contributed by atoms with Crippen LogP contribution >= 0.6 is 15.9 Å². The summed E-state index contributed by atoms with van der Waals surface area (Å²) in [6.45, 7) is 2.00. The van der Waals surface area contributed by atoms with E-state index in [1.165, 1.54) is 0 Å². The van der Waals surface area contributed by atoms with E-state index < -0.39 is 0 Å². The van der Waals surface area contributed by atoms with Gasteiger partial charge in [0.25, 0.3) is 0 Å². The lowest BCUT2D eigenvalue weighted by Crippen LogP contribution is -2.07. The molecule has 0 fully saturated rings. The lowest BCUT2D eigenvalue weighted by molar-refractivity contribution is 0.438. The van der Waals surface area contributed by atoms with Crippen LogP contribution in [0.5, 0.6) is 0 Å². The molecule has 0 aliphatic rings. The van der Waals surface area contributed by atoms with Gasteiger partial charge in [-0.3, -0.25) is 0 Å². The summed E-state index contributed by atoms with van der Waals surface area (Å²) < 4.78 is 1.09. The fourth-order valence-corrected chi connectivity index (χ4v) is 1.31. The highest BCUT2D eigenvalue weighted by atomic mass is 79.9. The number of hydrogen-bond donors (Lipinski definition) is 0. The molecule has 0 aliphatic carbocycles. The highest BCUT2D eigenvalue weighted by Gasteiger charge is 1.96. The van der Waals surface area contributed by atoms with E-state index in [4.69, 9.17) is 0 Å². The van der Waals surface area contributed by atoms with E-state index >= 15 is 0 Å². The maximum absolute atomic E-state index is 4.31. The number of hydrazone groups is 1. The molecular formula is C10H13BrN2. The van der Waals surface area contributed by atoms with Gasteiger partial charge in [0.15, 0.2) is 0 Å². The van der Waals surface area contributed by atoms with Gasteiger partial charge in [0.1, 0.15) is 0 Å². The molecule has 2 nitrogen and oxygen atoms in total. The maximum Gasteiger partial charge on any atom is 0.0646 e. The number of nitrogens with zero attached hydrogens (tertiary/aromatic N) is 2. The van der Waals surface area contributed by atoms with Crippen LogP contribution in [0.2, 0.25) is 0 Å². The molecule has 0 aromatic heterocycles. The Morgan fingerprint density at radius 1 is 1.23 bits per heavy atom. The van der Waals surface area contributed by atoms with Crippen LogP contribution in [0.25, 0.3) is 0 Å². The first kappa shape index (κ1) is 10.3. The predicted molar refractivity (Wildman–Crippen MR) is 60.0 cm³/mol. The minimum Gasteiger partial charge on any atom is -0.303 e. The highest BCUT2D eigenvalue weighted by molar-refractivity contribution is 9.10. The fraction of sp³-hybridized carbons (Fsp3) is 0.300. The standard InChI is InChI=1S/C10H13BrN2/c1-8(12-13(2)3)9-4-6-10(11)7-5-9/h4-7H,1-3H3. The van der Waals surface area contributed by atoms with Crippen LogP contribution in [0.3, 0.4) is 0 Å². The summed E-state index contributed by atoms with van der Waals surface area (Å²) in [6.07, 6.45) is 0. The fourth-order valence-electron chi connectivity index (χ4n) is 1.05. The van der Waals surface area contributed by atoms with Crippen LogP contribution in [0.15, 0.2) is 33.8 Å². The zero-order valence-corrected chi connectivity index (χ0v) is 9.67. The quantitative estimate of drug-likeness (QED) is 0.574. The lowest BCUT2D eigenvalue weighted by atomic mass is 10.1. The van der Waals surface area contributed by atoms with Gasteiger partial charge in [0, 0.05) is 18.6 Å². The molecule has 0 radical (unpaired) electrons. The molecule has 1 rings (SSSR count). The minimum atomic E-state index is 1.03. The Bertz CT molecular complexity index is 301. The summed E-state index contributed by atoms with van der Waals surface area (Å²) in [7, 11) is 3.84. The summed E-state index contributed by atoms with van der Waals surface area (Å²) >= 11 is 3.40. The van der Waals surface area contributed by atoms with Crippen molar-refractivity contribution in [3.8, 4) is 0 Å². The predicted octanol–water partition coefficient (Wildman–Crippen LogP) is 2.73. The summed E-state index contributed by atoms with van der Waals surface area (Å²) in [5.41, 5.74) is 2.18. The van der Waals surface area contributed by atoms with Crippen LogP contribution in [0.4, 0.5) is 0 Å². The molecule has 0 saturated heterocycles. The minimum absolute atomic E-state index is 1.03. The number of rotatable bonds is 2. The van der Waals surface area contributed by atoms with Gasteiger partial charge in [-0.1, -0.05) is 28.1 Å². The third-order valence-corrected chi connectivity index (χ3v) is 2.14. The second-order valence-corrected chi connectivity index (χ2v) is 3.96. The van der Waals surface area contributed by atoms with Crippen molar-refractivity contribution in [2.45, 2.75) is 6.92 Å². The van der Waals surface area contributed by atoms with Crippen molar-refractivity contribution >= 4 is 21.6 Å². The van der Waals surface area contributed by atoms with E-state index in [1.54, 1.807) is 5.01 Å². The second-order valence-electron chi connectivity index (χ2n) is 3.04. The van der Waals surface area contributed by atoms with Crippen LogP contribution < -0.4 is 0 Å². The van der Waals surface area contributed by atoms with Crippen molar-refractivity contribution < 1.29 is 0 Å². The molecular weight excluding hydrogens is 228 g/mol. The second kappa shape index (κ2) is 4.42. The smallest absolute Gasteiger partial charge is 0.0646 e. The van der Waals surface area contributed by atoms with Crippen LogP contribution in [0.1, 0.15) is 12.5 Å². The van der Waals surface area contributed by atoms with Gasteiger partial charge >= 0.3 is 0 Å². The van der Waals surface area contributed by atoms with Crippen molar-refractivity contribution in [3.63, 3.8) is 0 Å². The van der Waals surface area contributed by atoms with E-state index in [1.807, 2.05) is 45.3 Å². The first-order chi connectivity index (χ1) is 6.09. The zero-order chi connectivity index (χ0) is 9.84. The first-order valence-electron chi connectivity index (χ1n) is 4.08. The molecule has 0 heterocycles. The number of hydrogen-bond acceptors (Lipinski definition) is 2. The monoisotopic (exact) mass is 240 g/mol. The Balaban J connectivity index is 2.89. The third kappa shape index (κ3) is 3.19. The normalized spacial score (nSPS) is 11.5. The molecule has 0 aliphatic heterocycles. The van der Waals surface area contributed by atoms with E-state index in [-0.39, 0.29) is 0 Å². The molecule has 3 heteroatoms. The summed E-state index contributed by atoms with van der Waals surface area (Å²) in [5, 5.41) is 6.11. The Morgan fingerprint density at radius 2 is 1.77 bits per heavy atom. The maximum atomic E-state index is 4.31. The van der Waals surface area contributed by atoms with Gasteiger partial charge in [0.05, 0.1) is 5.71 Å². The average molecular weight is 241 g/mol. The largest absolute Gasteiger partial charge is 0.303 e. The lowest BCUT2D eigenvalue weighted by Gasteiger charge is -2.07. The zero-order valence-electron chi connectivity index (χ0n) is 8.08. The molecule has 1 aromatic carbocycles. The van der Waals surface area contributed by atoms with E-state index in [9.17, 15) is 0 Å². The summed E-state index contributed by atoms with van der Waals surface area (Å²) in [6, 6.07) is 8.13. The molecule has 0 atom stereocenters. The van der Waals surface area contributed by atoms with Crippen molar-refractivity contribution in [1.82, 2.24) is 5.01 Å². The number of benzene rings is 1. The Labute approximate surface area is 87.4 Å². The van der Waals surface area contributed by atoms with Gasteiger partial charge < -0.3 is 5.01 Å². The Morgan fingerprint density at radius 3 is 2.23 bits per heavy atom. The van der Waals surface area contributed by atoms with E-state index in [2.05, 4.69) is 21.0 Å². The van der Waals surface area contributed by atoms with Crippen molar-refractivity contribution in [3.05, 3.63) is 34.3 Å². The van der Waals surface area contributed by atoms with Gasteiger partial charge in [-0.2, -0.15) is 5.10 Å². The SMILES string of the molecule is CC(=NN(C)C)c1ccc(Br)cc1.